The van der Waals surface area contributed by atoms with Crippen LogP contribution in [-0.4, -0.2) is 23.6 Å². The van der Waals surface area contributed by atoms with Crippen LogP contribution in [0, 0.1) is 0 Å². The van der Waals surface area contributed by atoms with Crippen LogP contribution in [0.4, 0.5) is 24.8 Å². The van der Waals surface area contributed by atoms with Crippen LogP contribution in [0.25, 0.3) is 0 Å². The van der Waals surface area contributed by atoms with Gasteiger partial charge in [0.05, 0.1) is 6.61 Å². The molecule has 0 saturated heterocycles. The molecule has 0 N–H and O–H groups in total. The summed E-state index contributed by atoms with van der Waals surface area (Å²) >= 11 is 0. The van der Waals surface area contributed by atoms with E-state index in [2.05, 4.69) is 9.97 Å². The average molecular weight is 389 g/mol. The van der Waals surface area contributed by atoms with Gasteiger partial charge in [0.25, 0.3) is 0 Å². The van der Waals surface area contributed by atoms with Crippen molar-refractivity contribution in [3.05, 3.63) is 66.4 Å². The maximum absolute atomic E-state index is 13.4. The van der Waals surface area contributed by atoms with E-state index in [9.17, 15) is 13.2 Å². The Hall–Kier alpha value is -3.29. The largest absolute Gasteiger partial charge is 0.494 e. The summed E-state index contributed by atoms with van der Waals surface area (Å²) in [5.74, 6) is 0.391. The van der Waals surface area contributed by atoms with E-state index in [-0.39, 0.29) is 11.7 Å². The molecule has 0 amide bonds. The number of benzene rings is 2. The first-order valence-electron chi connectivity index (χ1n) is 8.52. The Labute approximate surface area is 160 Å². The number of nitrogens with zero attached hydrogens (tertiary/aromatic N) is 3. The lowest BCUT2D eigenvalue weighted by atomic mass is 10.3. The van der Waals surface area contributed by atoms with Crippen molar-refractivity contribution in [2.75, 3.05) is 18.6 Å². The van der Waals surface area contributed by atoms with Gasteiger partial charge in [-0.25, -0.2) is 4.98 Å². The molecule has 0 atom stereocenters. The fourth-order valence-electron chi connectivity index (χ4n) is 2.46. The third-order valence-corrected chi connectivity index (χ3v) is 3.82. The van der Waals surface area contributed by atoms with Crippen LogP contribution in [0.5, 0.6) is 17.4 Å². The molecule has 3 rings (SSSR count). The van der Waals surface area contributed by atoms with E-state index in [1.54, 1.807) is 66.5 Å². The molecule has 0 aliphatic heterocycles. The topological polar surface area (TPSA) is 47.5 Å². The predicted molar refractivity (Wildman–Crippen MR) is 99.2 cm³/mol. The lowest BCUT2D eigenvalue weighted by molar-refractivity contribution is -0.139. The second-order valence-corrected chi connectivity index (χ2v) is 5.79. The van der Waals surface area contributed by atoms with E-state index in [0.29, 0.717) is 18.0 Å². The molecule has 0 bridgehead atoms. The molecule has 28 heavy (non-hydrogen) atoms. The van der Waals surface area contributed by atoms with E-state index >= 15 is 0 Å². The summed E-state index contributed by atoms with van der Waals surface area (Å²) < 4.78 is 50.9. The van der Waals surface area contributed by atoms with Crippen LogP contribution in [0.3, 0.4) is 0 Å². The predicted octanol–water partition coefficient (Wildman–Crippen LogP) is 5.45. The Morgan fingerprint density at radius 2 is 1.71 bits per heavy atom. The molecule has 0 radical (unpaired) electrons. The molecule has 2 aromatic carbocycles. The third kappa shape index (κ3) is 4.51. The number of ether oxygens (including phenoxy) is 2. The lowest BCUT2D eigenvalue weighted by Crippen LogP contribution is -2.16. The van der Waals surface area contributed by atoms with Crippen molar-refractivity contribution in [2.24, 2.45) is 0 Å². The Balaban J connectivity index is 1.98. The van der Waals surface area contributed by atoms with Gasteiger partial charge in [0.15, 0.2) is 0 Å². The van der Waals surface area contributed by atoms with Gasteiger partial charge in [0.1, 0.15) is 17.1 Å². The van der Waals surface area contributed by atoms with Gasteiger partial charge in [-0.1, -0.05) is 24.3 Å². The number of rotatable bonds is 6. The molecule has 146 valence electrons. The second-order valence-electron chi connectivity index (χ2n) is 5.79. The SMILES string of the molecule is CCOc1cccc(N(C)c2ncc(C(F)(F)F)c(Oc3ccccc3)n2)c1. The third-order valence-electron chi connectivity index (χ3n) is 3.82. The minimum atomic E-state index is -4.64. The molecule has 5 nitrogen and oxygen atoms in total. The molecule has 0 aliphatic rings. The number of halogens is 3. The highest BCUT2D eigenvalue weighted by Crippen LogP contribution is 2.38. The standard InChI is InChI=1S/C20H18F3N3O2/c1-3-27-16-11-7-8-14(12-16)26(2)19-24-13-17(20(21,22)23)18(25-19)28-15-9-5-4-6-10-15/h4-13H,3H2,1-2H3. The quantitative estimate of drug-likeness (QED) is 0.561. The van der Waals surface area contributed by atoms with Crippen molar-refractivity contribution >= 4 is 11.6 Å². The van der Waals surface area contributed by atoms with Crippen molar-refractivity contribution in [3.63, 3.8) is 0 Å². The van der Waals surface area contributed by atoms with Crippen LogP contribution >= 0.6 is 0 Å². The van der Waals surface area contributed by atoms with Crippen LogP contribution in [0.1, 0.15) is 12.5 Å². The number of para-hydroxylation sites is 1. The lowest BCUT2D eigenvalue weighted by Gasteiger charge is -2.20. The highest BCUT2D eigenvalue weighted by molar-refractivity contribution is 5.59. The van der Waals surface area contributed by atoms with Gasteiger partial charge in [-0.15, -0.1) is 0 Å². The van der Waals surface area contributed by atoms with Gasteiger partial charge in [0, 0.05) is 25.0 Å². The Bertz CT molecular complexity index is 933. The number of hydrogen-bond acceptors (Lipinski definition) is 5. The minimum Gasteiger partial charge on any atom is -0.494 e. The zero-order valence-electron chi connectivity index (χ0n) is 15.3. The van der Waals surface area contributed by atoms with Crippen LogP contribution in [-0.2, 0) is 6.18 Å². The van der Waals surface area contributed by atoms with Gasteiger partial charge in [-0.2, -0.15) is 18.2 Å². The molecule has 0 saturated carbocycles. The number of hydrogen-bond donors (Lipinski definition) is 0. The first-order chi connectivity index (χ1) is 13.4. The van der Waals surface area contributed by atoms with E-state index in [0.717, 1.165) is 6.20 Å². The van der Waals surface area contributed by atoms with Gasteiger partial charge in [-0.05, 0) is 31.2 Å². The Morgan fingerprint density at radius 3 is 2.39 bits per heavy atom. The molecule has 1 aromatic heterocycles. The van der Waals surface area contributed by atoms with Crippen molar-refractivity contribution in [1.82, 2.24) is 9.97 Å². The monoisotopic (exact) mass is 389 g/mol. The van der Waals surface area contributed by atoms with E-state index < -0.39 is 17.6 Å². The molecule has 0 unspecified atom stereocenters. The van der Waals surface area contributed by atoms with Gasteiger partial charge >= 0.3 is 6.18 Å². The van der Waals surface area contributed by atoms with Gasteiger partial charge in [-0.3, -0.25) is 0 Å². The number of aromatic nitrogens is 2. The summed E-state index contributed by atoms with van der Waals surface area (Å²) in [5.41, 5.74) is -0.382. The van der Waals surface area contributed by atoms with Crippen molar-refractivity contribution in [3.8, 4) is 17.4 Å². The summed E-state index contributed by atoms with van der Waals surface area (Å²) in [7, 11) is 1.65. The van der Waals surface area contributed by atoms with E-state index in [1.165, 1.54) is 0 Å². The Morgan fingerprint density at radius 1 is 1.00 bits per heavy atom. The molecule has 3 aromatic rings. The molecular weight excluding hydrogens is 371 g/mol. The summed E-state index contributed by atoms with van der Waals surface area (Å²) in [4.78, 5) is 9.45. The van der Waals surface area contributed by atoms with E-state index in [4.69, 9.17) is 9.47 Å². The van der Waals surface area contributed by atoms with Crippen molar-refractivity contribution in [1.29, 1.82) is 0 Å². The highest BCUT2D eigenvalue weighted by atomic mass is 19.4. The molecule has 0 aliphatic carbocycles. The van der Waals surface area contributed by atoms with Crippen LogP contribution < -0.4 is 14.4 Å². The summed E-state index contributed by atoms with van der Waals surface area (Å²) in [6.07, 6.45) is -3.92. The fraction of sp³-hybridized carbons (Fsp3) is 0.200. The number of anilines is 2. The molecule has 8 heteroatoms. The number of alkyl halides is 3. The minimum absolute atomic E-state index is 0.0626. The normalized spacial score (nSPS) is 11.2. The molecule has 1 heterocycles. The zero-order chi connectivity index (χ0) is 20.1. The van der Waals surface area contributed by atoms with Crippen molar-refractivity contribution in [2.45, 2.75) is 13.1 Å². The summed E-state index contributed by atoms with van der Waals surface area (Å²) in [5, 5.41) is 0. The second kappa shape index (κ2) is 8.16. The average Bonchev–Trinajstić information content (AvgIpc) is 2.68. The van der Waals surface area contributed by atoms with Gasteiger partial charge in [0.2, 0.25) is 11.8 Å². The van der Waals surface area contributed by atoms with Crippen LogP contribution in [0.15, 0.2) is 60.8 Å². The first kappa shape index (κ1) is 19.5. The van der Waals surface area contributed by atoms with Crippen molar-refractivity contribution < 1.29 is 22.6 Å². The zero-order valence-corrected chi connectivity index (χ0v) is 15.3. The molecular formula is C20H18F3N3O2. The highest BCUT2D eigenvalue weighted by Gasteiger charge is 2.36. The van der Waals surface area contributed by atoms with Gasteiger partial charge < -0.3 is 14.4 Å². The smallest absolute Gasteiger partial charge is 0.423 e. The summed E-state index contributed by atoms with van der Waals surface area (Å²) in [6.45, 7) is 2.36. The maximum Gasteiger partial charge on any atom is 0.423 e. The van der Waals surface area contributed by atoms with Crippen LogP contribution in [0.2, 0.25) is 0 Å². The van der Waals surface area contributed by atoms with E-state index in [1.807, 2.05) is 6.92 Å². The summed E-state index contributed by atoms with van der Waals surface area (Å²) in [6, 6.07) is 15.3. The Kier molecular flexibility index (Phi) is 5.67. The first-order valence-corrected chi connectivity index (χ1v) is 8.52. The maximum atomic E-state index is 13.4. The molecule has 0 fully saturated rings. The molecule has 0 spiro atoms. The fourth-order valence-corrected chi connectivity index (χ4v) is 2.46.